The van der Waals surface area contributed by atoms with Gasteiger partial charge in [-0.1, -0.05) is 18.2 Å². The number of morpholine rings is 1. The van der Waals surface area contributed by atoms with E-state index in [1.807, 2.05) is 0 Å². The number of halogens is 1. The summed E-state index contributed by atoms with van der Waals surface area (Å²) in [5, 5.41) is 4.47. The van der Waals surface area contributed by atoms with Gasteiger partial charge < -0.3 is 15.0 Å². The van der Waals surface area contributed by atoms with E-state index < -0.39 is 91.2 Å². The standard InChI is InChI=1S/C29H35FN4O4/c1-28(2)16-33(17-29(3,4)38-28)14-18-8-9-19(22(30)12-18)13-31-23-7-5-6-20-21(23)15-34(27(20)37)24-10-11-25(35)32-26(24)36/h5-9,12,24,31H,10-11,13-17H2,1-4H3,(H,32,35,36)/i1D3,13D2,14D2,15D2,16D2,17D2. The quantitative estimate of drug-likeness (QED) is 0.550. The molecule has 38 heavy (non-hydrogen) atoms. The molecule has 3 aliphatic rings. The second kappa shape index (κ2) is 9.78. The lowest BCUT2D eigenvalue weighted by Gasteiger charge is -2.47. The summed E-state index contributed by atoms with van der Waals surface area (Å²) in [6, 6.07) is 4.66. The third-order valence-corrected chi connectivity index (χ3v) is 5.98. The van der Waals surface area contributed by atoms with Crippen molar-refractivity contribution >= 4 is 23.4 Å². The van der Waals surface area contributed by atoms with Crippen LogP contribution in [-0.2, 0) is 33.8 Å². The number of imide groups is 1. The minimum absolute atomic E-state index is 0.0464. The molecule has 0 bridgehead atoms. The molecule has 2 fully saturated rings. The third kappa shape index (κ3) is 5.44. The topological polar surface area (TPSA) is 91.0 Å². The van der Waals surface area contributed by atoms with E-state index in [0.29, 0.717) is 11.0 Å². The molecule has 3 heterocycles. The van der Waals surface area contributed by atoms with Crippen LogP contribution in [0.2, 0.25) is 0 Å². The van der Waals surface area contributed by atoms with Gasteiger partial charge >= 0.3 is 0 Å². The molecule has 2 aromatic carbocycles. The van der Waals surface area contributed by atoms with Gasteiger partial charge in [-0.2, -0.15) is 0 Å². The number of fused-ring (bicyclic) bond motifs is 1. The van der Waals surface area contributed by atoms with E-state index in [4.69, 9.17) is 22.6 Å². The Balaban J connectivity index is 1.52. The number of ether oxygens (including phenoxy) is 1. The molecule has 2 unspecified atom stereocenters. The molecule has 202 valence electrons. The van der Waals surface area contributed by atoms with Gasteiger partial charge in [0.15, 0.2) is 0 Å². The Morgan fingerprint density at radius 3 is 2.74 bits per heavy atom. The van der Waals surface area contributed by atoms with Crippen LogP contribution in [0.3, 0.4) is 0 Å². The molecule has 0 spiro atoms. The molecule has 0 aromatic heterocycles. The second-order valence-corrected chi connectivity index (χ2v) is 9.74. The van der Waals surface area contributed by atoms with E-state index in [1.54, 1.807) is 0 Å². The number of hydrogen-bond donors (Lipinski definition) is 2. The van der Waals surface area contributed by atoms with Crippen molar-refractivity contribution in [2.24, 2.45) is 0 Å². The lowest BCUT2D eigenvalue weighted by Crippen LogP contribution is -2.56. The number of benzene rings is 2. The van der Waals surface area contributed by atoms with Gasteiger partial charge in [0.05, 0.1) is 16.7 Å². The maximum Gasteiger partial charge on any atom is 0.255 e. The molecule has 2 saturated heterocycles. The Bertz CT molecular complexity index is 1820. The second-order valence-electron chi connectivity index (χ2n) is 9.74. The van der Waals surface area contributed by atoms with Crippen molar-refractivity contribution in [1.29, 1.82) is 0 Å². The highest BCUT2D eigenvalue weighted by Gasteiger charge is 2.40. The summed E-state index contributed by atoms with van der Waals surface area (Å²) < 4.78 is 133. The molecule has 8 nitrogen and oxygen atoms in total. The third-order valence-electron chi connectivity index (χ3n) is 5.98. The lowest BCUT2D eigenvalue weighted by molar-refractivity contribution is -0.182. The van der Waals surface area contributed by atoms with Gasteiger partial charge in [0.1, 0.15) is 11.9 Å². The van der Waals surface area contributed by atoms with Crippen LogP contribution in [-0.4, -0.2) is 57.8 Å². The number of hydrogen-bond acceptors (Lipinski definition) is 6. The summed E-state index contributed by atoms with van der Waals surface area (Å²) in [4.78, 5) is 38.3. The highest BCUT2D eigenvalue weighted by molar-refractivity contribution is 6.06. The minimum Gasteiger partial charge on any atom is -0.381 e. The Labute approximate surface area is 240 Å². The molecule has 2 atom stereocenters. The molecule has 0 radical (unpaired) electrons. The van der Waals surface area contributed by atoms with Crippen molar-refractivity contribution in [1.82, 2.24) is 15.1 Å². The predicted molar refractivity (Wildman–Crippen MR) is 141 cm³/mol. The van der Waals surface area contributed by atoms with E-state index in [2.05, 4.69) is 10.6 Å². The summed E-state index contributed by atoms with van der Waals surface area (Å²) in [6.07, 6.45) is -0.302. The Morgan fingerprint density at radius 1 is 1.21 bits per heavy atom. The molecule has 9 heteroatoms. The van der Waals surface area contributed by atoms with E-state index in [1.165, 1.54) is 18.2 Å². The minimum atomic E-state index is -3.38. The molecule has 0 aliphatic carbocycles. The normalized spacial score (nSPS) is 35.5. The first-order valence-electron chi connectivity index (χ1n) is 18.4. The Hall–Kier alpha value is -3.30. The van der Waals surface area contributed by atoms with Gasteiger partial charge in [-0.3, -0.25) is 24.6 Å². The van der Waals surface area contributed by atoms with E-state index in [0.717, 1.165) is 32.9 Å². The molecule has 2 aromatic rings. The van der Waals surface area contributed by atoms with Gasteiger partial charge in [0.25, 0.3) is 5.91 Å². The first-order valence-corrected chi connectivity index (χ1v) is 11.9. The number of carbonyl (C=O) groups is 3. The summed E-state index contributed by atoms with van der Waals surface area (Å²) >= 11 is 0. The van der Waals surface area contributed by atoms with Crippen LogP contribution in [0, 0.1) is 5.82 Å². The summed E-state index contributed by atoms with van der Waals surface area (Å²) in [7, 11) is 0. The molecular formula is C29H35FN4O4. The molecule has 2 N–H and O–H groups in total. The zero-order chi connectivity index (χ0) is 38.7. The fourth-order valence-electron chi connectivity index (χ4n) is 4.48. The Kier molecular flexibility index (Phi) is 3.79. The Morgan fingerprint density at radius 2 is 2.00 bits per heavy atom. The number of nitrogens with zero attached hydrogens (tertiary/aromatic N) is 2. The number of carbonyl (C=O) groups excluding carboxylic acids is 3. The van der Waals surface area contributed by atoms with Crippen LogP contribution in [0.15, 0.2) is 36.4 Å². The molecule has 3 amide bonds. The first-order chi connectivity index (χ1) is 23.0. The van der Waals surface area contributed by atoms with Crippen LogP contribution in [0.4, 0.5) is 10.1 Å². The average Bonchev–Trinajstić information content (AvgIpc) is 3.16. The fraction of sp³-hybridized carbons (Fsp3) is 0.483. The van der Waals surface area contributed by atoms with Gasteiger partial charge in [-0.15, -0.1) is 0 Å². The van der Waals surface area contributed by atoms with Crippen LogP contribution in [0.25, 0.3) is 0 Å². The zero-order valence-corrected chi connectivity index (χ0v) is 20.9. The highest BCUT2D eigenvalue weighted by atomic mass is 19.1. The molecular weight excluding hydrogens is 487 g/mol. The summed E-state index contributed by atoms with van der Waals surface area (Å²) in [5.74, 6) is -3.75. The van der Waals surface area contributed by atoms with Crippen LogP contribution < -0.4 is 10.6 Å². The predicted octanol–water partition coefficient (Wildman–Crippen LogP) is 3.59. The van der Waals surface area contributed by atoms with E-state index in [9.17, 15) is 14.4 Å². The fourth-order valence-corrected chi connectivity index (χ4v) is 4.48. The van der Waals surface area contributed by atoms with E-state index >= 15 is 4.39 Å². The monoisotopic (exact) mass is 535 g/mol. The van der Waals surface area contributed by atoms with Gasteiger partial charge in [-0.05, 0) is 57.8 Å². The van der Waals surface area contributed by atoms with Crippen molar-refractivity contribution in [2.45, 2.75) is 77.2 Å². The first kappa shape index (κ1) is 14.7. The smallest absolute Gasteiger partial charge is 0.255 e. The summed E-state index contributed by atoms with van der Waals surface area (Å²) in [5.41, 5.74) is -7.19. The SMILES string of the molecule is [2H]C([2H])(Nc1cccc2c1C([2H])([2H])N(C1CCC(=O)NC1=O)C2=O)c1ccc(C([2H])([2H])N2C([2H])([2H])C(C)(C)OC(C)(C([2H])([2H])[2H])C2([2H])[2H])cc1F. The number of amides is 3. The number of piperidine rings is 1. The zero-order valence-electron chi connectivity index (χ0n) is 33.9. The van der Waals surface area contributed by atoms with Crippen molar-refractivity contribution in [3.8, 4) is 0 Å². The van der Waals surface area contributed by atoms with Crippen molar-refractivity contribution in [3.05, 3.63) is 64.5 Å². The highest BCUT2D eigenvalue weighted by Crippen LogP contribution is 2.33. The summed E-state index contributed by atoms with van der Waals surface area (Å²) in [6.45, 7) is -15.4. The molecule has 3 aliphatic heterocycles. The van der Waals surface area contributed by atoms with Gasteiger partial charge in [-0.25, -0.2) is 4.39 Å². The maximum atomic E-state index is 15.9. The van der Waals surface area contributed by atoms with Crippen LogP contribution in [0.5, 0.6) is 0 Å². The van der Waals surface area contributed by atoms with Crippen molar-refractivity contribution in [2.75, 3.05) is 18.3 Å². The van der Waals surface area contributed by atoms with Crippen LogP contribution >= 0.6 is 0 Å². The maximum absolute atomic E-state index is 15.9. The average molecular weight is 536 g/mol. The molecule has 0 saturated carbocycles. The number of nitrogens with one attached hydrogen (secondary N) is 2. The molecule has 5 rings (SSSR count). The van der Waals surface area contributed by atoms with Crippen molar-refractivity contribution in [3.63, 3.8) is 0 Å². The largest absolute Gasteiger partial charge is 0.381 e. The van der Waals surface area contributed by atoms with E-state index in [-0.39, 0.29) is 34.6 Å². The van der Waals surface area contributed by atoms with Gasteiger partial charge in [0.2, 0.25) is 11.8 Å². The van der Waals surface area contributed by atoms with Gasteiger partial charge in [0, 0.05) is 73.6 Å². The number of anilines is 1. The lowest BCUT2D eigenvalue weighted by atomic mass is 9.98. The number of rotatable bonds is 6. The van der Waals surface area contributed by atoms with Crippen molar-refractivity contribution < 1.29 is 41.3 Å². The van der Waals surface area contributed by atoms with Crippen LogP contribution in [0.1, 0.15) is 85.3 Å².